The smallest absolute Gasteiger partial charge is 0.123 e. The van der Waals surface area contributed by atoms with Gasteiger partial charge < -0.3 is 14.8 Å². The lowest BCUT2D eigenvalue weighted by Gasteiger charge is -2.38. The third-order valence-corrected chi connectivity index (χ3v) is 5.13. The zero-order valence-corrected chi connectivity index (χ0v) is 14.8. The molecule has 1 N–H and O–H groups in total. The van der Waals surface area contributed by atoms with Crippen LogP contribution in [0.3, 0.4) is 0 Å². The summed E-state index contributed by atoms with van der Waals surface area (Å²) in [5.74, 6) is 0.928. The molecule has 3 nitrogen and oxygen atoms in total. The van der Waals surface area contributed by atoms with Crippen LogP contribution in [0.1, 0.15) is 24.0 Å². The van der Waals surface area contributed by atoms with Gasteiger partial charge in [-0.1, -0.05) is 41.9 Å². The molecular weight excluding hydrogens is 322 g/mol. The Morgan fingerprint density at radius 1 is 1.08 bits per heavy atom. The predicted octanol–water partition coefficient (Wildman–Crippen LogP) is 4.19. The van der Waals surface area contributed by atoms with E-state index >= 15 is 0 Å². The first kappa shape index (κ1) is 17.3. The van der Waals surface area contributed by atoms with E-state index in [0.29, 0.717) is 0 Å². The summed E-state index contributed by atoms with van der Waals surface area (Å²) in [6.07, 6.45) is 2.04. The van der Waals surface area contributed by atoms with Gasteiger partial charge in [0.2, 0.25) is 0 Å². The van der Waals surface area contributed by atoms with Crippen LogP contribution in [0.4, 0.5) is 0 Å². The highest BCUT2D eigenvalue weighted by Gasteiger charge is 2.34. The summed E-state index contributed by atoms with van der Waals surface area (Å²) < 4.78 is 11.0. The van der Waals surface area contributed by atoms with Crippen molar-refractivity contribution in [1.82, 2.24) is 5.32 Å². The van der Waals surface area contributed by atoms with Crippen LogP contribution in [-0.4, -0.2) is 26.9 Å². The van der Waals surface area contributed by atoms with E-state index in [1.807, 2.05) is 30.3 Å². The first-order valence-corrected chi connectivity index (χ1v) is 8.78. The lowest BCUT2D eigenvalue weighted by atomic mass is 9.74. The fourth-order valence-corrected chi connectivity index (χ4v) is 3.54. The summed E-state index contributed by atoms with van der Waals surface area (Å²) in [7, 11) is 1.71. The number of rotatable bonds is 6. The highest BCUT2D eigenvalue weighted by molar-refractivity contribution is 6.30. The van der Waals surface area contributed by atoms with Gasteiger partial charge in [0.25, 0.3) is 0 Å². The predicted molar refractivity (Wildman–Crippen MR) is 97.9 cm³/mol. The minimum absolute atomic E-state index is 0.102. The van der Waals surface area contributed by atoms with Gasteiger partial charge >= 0.3 is 0 Å². The standard InChI is InChI=1S/C20H24ClNO2/c1-23-19-5-3-2-4-16(19)14-22-15-20(10-12-24-13-11-20)17-6-8-18(21)9-7-17/h2-9,22H,10-15H2,1H3. The molecule has 2 aromatic rings. The quantitative estimate of drug-likeness (QED) is 0.851. The summed E-state index contributed by atoms with van der Waals surface area (Å²) in [5.41, 5.74) is 2.62. The van der Waals surface area contributed by atoms with Crippen LogP contribution in [0.25, 0.3) is 0 Å². The van der Waals surface area contributed by atoms with E-state index in [2.05, 4.69) is 23.5 Å². The highest BCUT2D eigenvalue weighted by atomic mass is 35.5. The van der Waals surface area contributed by atoms with Crippen LogP contribution in [0.2, 0.25) is 5.02 Å². The first-order valence-electron chi connectivity index (χ1n) is 8.40. The van der Waals surface area contributed by atoms with Crippen molar-refractivity contribution < 1.29 is 9.47 Å². The Balaban J connectivity index is 1.72. The Morgan fingerprint density at radius 3 is 2.50 bits per heavy atom. The van der Waals surface area contributed by atoms with Crippen LogP contribution in [-0.2, 0) is 16.7 Å². The molecule has 0 atom stereocenters. The van der Waals surface area contributed by atoms with Crippen LogP contribution in [0, 0.1) is 0 Å². The number of hydrogen-bond acceptors (Lipinski definition) is 3. The molecule has 2 aromatic carbocycles. The van der Waals surface area contributed by atoms with Gasteiger partial charge in [-0.15, -0.1) is 0 Å². The van der Waals surface area contributed by atoms with Gasteiger partial charge in [0.05, 0.1) is 7.11 Å². The van der Waals surface area contributed by atoms with Crippen molar-refractivity contribution in [3.8, 4) is 5.75 Å². The number of nitrogens with one attached hydrogen (secondary N) is 1. The summed E-state index contributed by atoms with van der Waals surface area (Å²) in [5, 5.41) is 4.41. The second-order valence-electron chi connectivity index (χ2n) is 6.31. The number of hydrogen-bond donors (Lipinski definition) is 1. The van der Waals surface area contributed by atoms with E-state index in [1.54, 1.807) is 7.11 Å². The fourth-order valence-electron chi connectivity index (χ4n) is 3.42. The second kappa shape index (κ2) is 8.02. The van der Waals surface area contributed by atoms with Gasteiger partial charge in [-0.25, -0.2) is 0 Å². The molecule has 0 aromatic heterocycles. The molecule has 1 aliphatic heterocycles. The largest absolute Gasteiger partial charge is 0.496 e. The van der Waals surface area contributed by atoms with Crippen molar-refractivity contribution in [1.29, 1.82) is 0 Å². The van der Waals surface area contributed by atoms with Crippen LogP contribution in [0.5, 0.6) is 5.75 Å². The van der Waals surface area contributed by atoms with Gasteiger partial charge in [0.15, 0.2) is 0 Å². The maximum atomic E-state index is 6.06. The molecule has 24 heavy (non-hydrogen) atoms. The Hall–Kier alpha value is -1.55. The van der Waals surface area contributed by atoms with Gasteiger partial charge in [-0.05, 0) is 36.6 Å². The number of halogens is 1. The fraction of sp³-hybridized carbons (Fsp3) is 0.400. The SMILES string of the molecule is COc1ccccc1CNCC1(c2ccc(Cl)cc2)CCOCC1. The van der Waals surface area contributed by atoms with E-state index < -0.39 is 0 Å². The Kier molecular flexibility index (Phi) is 5.77. The van der Waals surface area contributed by atoms with E-state index in [1.165, 1.54) is 11.1 Å². The summed E-state index contributed by atoms with van der Waals surface area (Å²) in [4.78, 5) is 0. The van der Waals surface area contributed by atoms with Crippen LogP contribution < -0.4 is 10.1 Å². The minimum Gasteiger partial charge on any atom is -0.496 e. The lowest BCUT2D eigenvalue weighted by Crippen LogP contribution is -2.42. The maximum Gasteiger partial charge on any atom is 0.123 e. The van der Waals surface area contributed by atoms with Crippen molar-refractivity contribution in [2.24, 2.45) is 0 Å². The molecule has 128 valence electrons. The number of ether oxygens (including phenoxy) is 2. The minimum atomic E-state index is 0.102. The summed E-state index contributed by atoms with van der Waals surface area (Å²) in [6, 6.07) is 16.4. The number of methoxy groups -OCH3 is 1. The van der Waals surface area contributed by atoms with Crippen molar-refractivity contribution >= 4 is 11.6 Å². The molecule has 1 fully saturated rings. The topological polar surface area (TPSA) is 30.5 Å². The van der Waals surface area contributed by atoms with Crippen molar-refractivity contribution in [3.05, 3.63) is 64.7 Å². The van der Waals surface area contributed by atoms with E-state index in [4.69, 9.17) is 21.1 Å². The van der Waals surface area contributed by atoms with Gasteiger partial charge in [-0.2, -0.15) is 0 Å². The molecular formula is C20H24ClNO2. The monoisotopic (exact) mass is 345 g/mol. The first-order chi connectivity index (χ1) is 11.7. The lowest BCUT2D eigenvalue weighted by molar-refractivity contribution is 0.0497. The van der Waals surface area contributed by atoms with Crippen molar-refractivity contribution in [3.63, 3.8) is 0 Å². The summed E-state index contributed by atoms with van der Waals surface area (Å²) in [6.45, 7) is 3.31. The zero-order valence-electron chi connectivity index (χ0n) is 14.1. The van der Waals surface area contributed by atoms with Crippen LogP contribution >= 0.6 is 11.6 Å². The molecule has 0 unspecified atom stereocenters. The summed E-state index contributed by atoms with van der Waals surface area (Å²) >= 11 is 6.06. The van der Waals surface area contributed by atoms with E-state index in [-0.39, 0.29) is 5.41 Å². The van der Waals surface area contributed by atoms with E-state index in [9.17, 15) is 0 Å². The molecule has 1 heterocycles. The number of benzene rings is 2. The maximum absolute atomic E-state index is 6.06. The van der Waals surface area contributed by atoms with Gasteiger partial charge in [0.1, 0.15) is 5.75 Å². The third-order valence-electron chi connectivity index (χ3n) is 4.88. The molecule has 0 aliphatic carbocycles. The molecule has 0 spiro atoms. The molecule has 1 saturated heterocycles. The van der Waals surface area contributed by atoms with E-state index in [0.717, 1.165) is 49.9 Å². The Morgan fingerprint density at radius 2 is 1.79 bits per heavy atom. The molecule has 0 saturated carbocycles. The number of para-hydroxylation sites is 1. The normalized spacial score (nSPS) is 16.8. The Bertz CT molecular complexity index is 651. The second-order valence-corrected chi connectivity index (χ2v) is 6.75. The van der Waals surface area contributed by atoms with Gasteiger partial charge in [0, 0.05) is 42.3 Å². The van der Waals surface area contributed by atoms with Crippen molar-refractivity contribution in [2.75, 3.05) is 26.9 Å². The average molecular weight is 346 g/mol. The average Bonchev–Trinajstić information content (AvgIpc) is 2.63. The van der Waals surface area contributed by atoms with Crippen LogP contribution in [0.15, 0.2) is 48.5 Å². The zero-order chi connectivity index (χ0) is 16.8. The molecule has 4 heteroatoms. The molecule has 0 amide bonds. The van der Waals surface area contributed by atoms with Crippen molar-refractivity contribution in [2.45, 2.75) is 24.8 Å². The molecule has 0 radical (unpaired) electrons. The highest BCUT2D eigenvalue weighted by Crippen LogP contribution is 2.35. The molecule has 1 aliphatic rings. The Labute approximate surface area is 148 Å². The molecule has 3 rings (SSSR count). The third kappa shape index (κ3) is 3.92. The van der Waals surface area contributed by atoms with Gasteiger partial charge in [-0.3, -0.25) is 0 Å². The molecule has 0 bridgehead atoms.